The second-order valence-corrected chi connectivity index (χ2v) is 9.12. The van der Waals surface area contributed by atoms with Crippen molar-refractivity contribution in [1.82, 2.24) is 0 Å². The number of hydrogen-bond acceptors (Lipinski definition) is 5. The molecule has 0 saturated carbocycles. The quantitative estimate of drug-likeness (QED) is 0.166. The molecule has 0 aromatic heterocycles. The standard InChI is InChI=1S/C26H50O5/c1-2-3-4-5-6-7-8-9-10-11-12-13-14-15-16-17-18-19-20-30-24(21-27)26-25(29)23(28)22-31-26/h18-19,23-29H,2-17,20-22H2,1H3/b19-18+/t23-,24+,25-,26-/m1/s1. The van der Waals surface area contributed by atoms with Gasteiger partial charge in [-0.25, -0.2) is 0 Å². The largest absolute Gasteiger partial charge is 0.394 e. The van der Waals surface area contributed by atoms with E-state index in [-0.39, 0.29) is 13.2 Å². The number of hydrogen-bond donors (Lipinski definition) is 3. The first-order valence-electron chi connectivity index (χ1n) is 13.1. The third-order valence-electron chi connectivity index (χ3n) is 6.28. The van der Waals surface area contributed by atoms with E-state index in [9.17, 15) is 15.3 Å². The van der Waals surface area contributed by atoms with Gasteiger partial charge in [0.1, 0.15) is 24.4 Å². The van der Waals surface area contributed by atoms with E-state index in [4.69, 9.17) is 9.47 Å². The Hall–Kier alpha value is -0.460. The van der Waals surface area contributed by atoms with Crippen LogP contribution in [0.2, 0.25) is 0 Å². The number of unbranched alkanes of at least 4 members (excludes halogenated alkanes) is 15. The second kappa shape index (κ2) is 20.2. The molecule has 31 heavy (non-hydrogen) atoms. The molecule has 0 spiro atoms. The highest BCUT2D eigenvalue weighted by molar-refractivity contribution is 4.89. The van der Waals surface area contributed by atoms with Gasteiger partial charge in [0.25, 0.3) is 0 Å². The lowest BCUT2D eigenvalue weighted by Crippen LogP contribution is -2.42. The zero-order valence-corrected chi connectivity index (χ0v) is 20.1. The van der Waals surface area contributed by atoms with Crippen LogP contribution in [0.1, 0.15) is 110 Å². The SMILES string of the molecule is CCCCCCCCCCCCCCCCC/C=C/CO[C@@H](CO)[C@H]1OC[C@@H](O)[C@H]1O. The van der Waals surface area contributed by atoms with Gasteiger partial charge in [-0.1, -0.05) is 109 Å². The predicted octanol–water partition coefficient (Wildman–Crippen LogP) is 5.30. The summed E-state index contributed by atoms with van der Waals surface area (Å²) in [6, 6.07) is 0. The minimum absolute atomic E-state index is 0.0841. The number of rotatable bonds is 21. The fraction of sp³-hybridized carbons (Fsp3) is 0.923. The lowest BCUT2D eigenvalue weighted by molar-refractivity contribution is -0.0942. The highest BCUT2D eigenvalue weighted by atomic mass is 16.6. The van der Waals surface area contributed by atoms with E-state index >= 15 is 0 Å². The molecular formula is C26H50O5. The van der Waals surface area contributed by atoms with Gasteiger partial charge >= 0.3 is 0 Å². The fourth-order valence-electron chi connectivity index (χ4n) is 4.20. The third kappa shape index (κ3) is 14.3. The second-order valence-electron chi connectivity index (χ2n) is 9.12. The summed E-state index contributed by atoms with van der Waals surface area (Å²) in [7, 11) is 0. The van der Waals surface area contributed by atoms with Gasteiger partial charge in [0, 0.05) is 0 Å². The van der Waals surface area contributed by atoms with Crippen molar-refractivity contribution in [2.45, 2.75) is 134 Å². The van der Waals surface area contributed by atoms with Crippen molar-refractivity contribution >= 4 is 0 Å². The summed E-state index contributed by atoms with van der Waals surface area (Å²) < 4.78 is 10.9. The van der Waals surface area contributed by atoms with E-state index in [0.717, 1.165) is 6.42 Å². The van der Waals surface area contributed by atoms with Crippen molar-refractivity contribution in [3.8, 4) is 0 Å². The molecule has 0 amide bonds. The normalized spacial score (nSPS) is 22.5. The zero-order valence-electron chi connectivity index (χ0n) is 20.1. The van der Waals surface area contributed by atoms with Crippen LogP contribution in [0.4, 0.5) is 0 Å². The van der Waals surface area contributed by atoms with Gasteiger partial charge < -0.3 is 24.8 Å². The molecule has 0 bridgehead atoms. The first kappa shape index (κ1) is 28.6. The highest BCUT2D eigenvalue weighted by Crippen LogP contribution is 2.19. The topological polar surface area (TPSA) is 79.2 Å². The van der Waals surface area contributed by atoms with Gasteiger partial charge in [-0.2, -0.15) is 0 Å². The Morgan fingerprint density at radius 2 is 1.32 bits per heavy atom. The average molecular weight is 443 g/mol. The summed E-state index contributed by atoms with van der Waals surface area (Å²) in [5, 5.41) is 28.8. The zero-order chi connectivity index (χ0) is 22.6. The van der Waals surface area contributed by atoms with E-state index in [1.54, 1.807) is 0 Å². The molecule has 5 nitrogen and oxygen atoms in total. The maximum absolute atomic E-state index is 9.83. The Balaban J connectivity index is 1.83. The van der Waals surface area contributed by atoms with Gasteiger partial charge in [-0.3, -0.25) is 0 Å². The van der Waals surface area contributed by atoms with E-state index in [1.165, 1.54) is 96.3 Å². The molecule has 1 heterocycles. The maximum atomic E-state index is 9.83. The third-order valence-corrected chi connectivity index (χ3v) is 6.28. The van der Waals surface area contributed by atoms with Crippen LogP contribution in [0.15, 0.2) is 12.2 Å². The van der Waals surface area contributed by atoms with Crippen molar-refractivity contribution in [2.24, 2.45) is 0 Å². The van der Waals surface area contributed by atoms with Crippen LogP contribution in [0.3, 0.4) is 0 Å². The predicted molar refractivity (Wildman–Crippen MR) is 127 cm³/mol. The summed E-state index contributed by atoms with van der Waals surface area (Å²) >= 11 is 0. The van der Waals surface area contributed by atoms with Gasteiger partial charge in [-0.05, 0) is 12.8 Å². The van der Waals surface area contributed by atoms with Crippen LogP contribution in [0, 0.1) is 0 Å². The molecule has 1 rings (SSSR count). The first-order chi connectivity index (χ1) is 15.2. The van der Waals surface area contributed by atoms with Crippen LogP contribution < -0.4 is 0 Å². The van der Waals surface area contributed by atoms with Gasteiger partial charge in [-0.15, -0.1) is 0 Å². The van der Waals surface area contributed by atoms with E-state index in [1.807, 2.05) is 6.08 Å². The minimum Gasteiger partial charge on any atom is -0.394 e. The molecule has 4 atom stereocenters. The van der Waals surface area contributed by atoms with E-state index in [2.05, 4.69) is 13.0 Å². The summed E-state index contributed by atoms with van der Waals surface area (Å²) in [4.78, 5) is 0. The van der Waals surface area contributed by atoms with Gasteiger partial charge in [0.05, 0.1) is 19.8 Å². The van der Waals surface area contributed by atoms with Crippen LogP contribution in [-0.4, -0.2) is 59.6 Å². The number of aliphatic hydroxyl groups is 3. The van der Waals surface area contributed by atoms with Crippen molar-refractivity contribution in [2.75, 3.05) is 19.8 Å². The molecule has 0 aliphatic carbocycles. The molecule has 0 aromatic carbocycles. The summed E-state index contributed by atoms with van der Waals surface area (Å²) in [6.45, 7) is 2.51. The number of allylic oxidation sites excluding steroid dienone is 1. The molecule has 1 saturated heterocycles. The molecule has 3 N–H and O–H groups in total. The van der Waals surface area contributed by atoms with Crippen molar-refractivity contribution in [1.29, 1.82) is 0 Å². The Morgan fingerprint density at radius 1 is 0.806 bits per heavy atom. The lowest BCUT2D eigenvalue weighted by atomic mass is 10.0. The summed E-state index contributed by atoms with van der Waals surface area (Å²) in [5.74, 6) is 0. The van der Waals surface area contributed by atoms with Gasteiger partial charge in [0.15, 0.2) is 0 Å². The fourth-order valence-corrected chi connectivity index (χ4v) is 4.20. The van der Waals surface area contributed by atoms with Crippen molar-refractivity contribution in [3.05, 3.63) is 12.2 Å². The number of ether oxygens (including phenoxy) is 2. The Morgan fingerprint density at radius 3 is 1.77 bits per heavy atom. The molecular weight excluding hydrogens is 392 g/mol. The molecule has 0 unspecified atom stereocenters. The van der Waals surface area contributed by atoms with Gasteiger partial charge in [0.2, 0.25) is 0 Å². The average Bonchev–Trinajstić information content (AvgIpc) is 3.11. The van der Waals surface area contributed by atoms with E-state index in [0.29, 0.717) is 6.61 Å². The first-order valence-corrected chi connectivity index (χ1v) is 13.1. The van der Waals surface area contributed by atoms with Crippen LogP contribution >= 0.6 is 0 Å². The van der Waals surface area contributed by atoms with Crippen molar-refractivity contribution in [3.63, 3.8) is 0 Å². The molecule has 184 valence electrons. The Labute approximate surface area is 191 Å². The maximum Gasteiger partial charge on any atom is 0.114 e. The molecule has 1 aliphatic heterocycles. The Kier molecular flexibility index (Phi) is 18.6. The molecule has 0 radical (unpaired) electrons. The number of aliphatic hydroxyl groups excluding tert-OH is 3. The van der Waals surface area contributed by atoms with Crippen molar-refractivity contribution < 1.29 is 24.8 Å². The highest BCUT2D eigenvalue weighted by Gasteiger charge is 2.40. The summed E-state index contributed by atoms with van der Waals surface area (Å²) in [6.07, 6.45) is 22.6. The molecule has 1 aliphatic rings. The smallest absolute Gasteiger partial charge is 0.114 e. The van der Waals surface area contributed by atoms with Crippen LogP contribution in [0.25, 0.3) is 0 Å². The molecule has 1 fully saturated rings. The lowest BCUT2D eigenvalue weighted by Gasteiger charge is -2.23. The van der Waals surface area contributed by atoms with Crippen LogP contribution in [0.5, 0.6) is 0 Å². The summed E-state index contributed by atoms with van der Waals surface area (Å²) in [5.41, 5.74) is 0. The molecule has 0 aromatic rings. The molecule has 5 heteroatoms. The van der Waals surface area contributed by atoms with E-state index < -0.39 is 24.4 Å². The monoisotopic (exact) mass is 442 g/mol. The Bertz CT molecular complexity index is 415. The van der Waals surface area contributed by atoms with Crippen LogP contribution in [-0.2, 0) is 9.47 Å². The minimum atomic E-state index is -0.999.